The van der Waals surface area contributed by atoms with Gasteiger partial charge >= 0.3 is 0 Å². The maximum Gasteiger partial charge on any atom is 0.295 e. The number of amides is 3. The molecule has 10 heteroatoms. The summed E-state index contributed by atoms with van der Waals surface area (Å²) in [6, 6.07) is 20.2. The van der Waals surface area contributed by atoms with E-state index in [0.29, 0.717) is 29.7 Å². The van der Waals surface area contributed by atoms with E-state index in [1.54, 1.807) is 18.3 Å². The van der Waals surface area contributed by atoms with Gasteiger partial charge in [0.1, 0.15) is 25.0 Å². The summed E-state index contributed by atoms with van der Waals surface area (Å²) in [5, 5.41) is 0. The Morgan fingerprint density at radius 3 is 2.22 bits per heavy atom. The number of ether oxygens (including phenoxy) is 1. The number of carbonyl (C=O) groups is 4. The van der Waals surface area contributed by atoms with Gasteiger partial charge in [-0.2, -0.15) is 0 Å². The molecule has 260 valence electrons. The van der Waals surface area contributed by atoms with Crippen LogP contribution < -0.4 is 4.57 Å². The fraction of sp³-hybridized carbons (Fsp3) is 0.350. The van der Waals surface area contributed by atoms with Gasteiger partial charge in [0.2, 0.25) is 0 Å². The lowest BCUT2D eigenvalue weighted by Gasteiger charge is -2.44. The largest absolute Gasteiger partial charge is 0.462 e. The highest BCUT2D eigenvalue weighted by Crippen LogP contribution is 2.34. The SMILES string of the molecule is CC(C)=CC[n+]1ccc(C(=O)N2C=C(c3ccccc3)N([C@@H](Cc3ccccc3)C(=O)N(CC=O)C3=NC(C)(C)CO3)C(=O)[C@H]2C(C)C)cc1. The highest BCUT2D eigenvalue weighted by atomic mass is 16.5. The van der Waals surface area contributed by atoms with Gasteiger partial charge < -0.3 is 14.4 Å². The van der Waals surface area contributed by atoms with Crippen molar-refractivity contribution in [3.05, 3.63) is 120 Å². The molecule has 3 amide bonds. The molecule has 2 aliphatic rings. The molecule has 0 saturated heterocycles. The number of rotatable bonds is 11. The summed E-state index contributed by atoms with van der Waals surface area (Å²) in [6.45, 7) is 12.2. The molecule has 1 aromatic heterocycles. The van der Waals surface area contributed by atoms with Crippen LogP contribution in [0.5, 0.6) is 0 Å². The summed E-state index contributed by atoms with van der Waals surface area (Å²) in [5.74, 6) is -1.56. The van der Waals surface area contributed by atoms with Gasteiger partial charge in [-0.1, -0.05) is 80.1 Å². The smallest absolute Gasteiger partial charge is 0.295 e. The quantitative estimate of drug-likeness (QED) is 0.161. The van der Waals surface area contributed by atoms with Crippen LogP contribution in [0.15, 0.2) is 108 Å². The number of aromatic nitrogens is 1. The van der Waals surface area contributed by atoms with Gasteiger partial charge in [-0.05, 0) is 50.8 Å². The van der Waals surface area contributed by atoms with Crippen LogP contribution in [-0.2, 0) is 32.1 Å². The molecule has 0 fully saturated rings. The first-order valence-corrected chi connectivity index (χ1v) is 17.0. The number of aliphatic imine (C=N–C) groups is 1. The summed E-state index contributed by atoms with van der Waals surface area (Å²) in [5.41, 5.74) is 2.90. The third-order valence-electron chi connectivity index (χ3n) is 8.67. The normalized spacial score (nSPS) is 17.4. The zero-order valence-electron chi connectivity index (χ0n) is 29.7. The number of pyridine rings is 1. The molecule has 0 unspecified atom stereocenters. The van der Waals surface area contributed by atoms with Crippen LogP contribution in [0.3, 0.4) is 0 Å². The van der Waals surface area contributed by atoms with Gasteiger partial charge in [-0.3, -0.25) is 24.2 Å². The second-order valence-electron chi connectivity index (χ2n) is 13.9. The lowest BCUT2D eigenvalue weighted by Crippen LogP contribution is -2.61. The zero-order valence-corrected chi connectivity index (χ0v) is 29.7. The molecule has 0 aliphatic carbocycles. The Bertz CT molecular complexity index is 1790. The molecule has 2 aromatic carbocycles. The number of hydrogen-bond acceptors (Lipinski definition) is 6. The van der Waals surface area contributed by atoms with Crippen molar-refractivity contribution in [3.63, 3.8) is 0 Å². The Kier molecular flexibility index (Phi) is 11.1. The van der Waals surface area contributed by atoms with Crippen molar-refractivity contribution in [3.8, 4) is 0 Å². The molecule has 10 nitrogen and oxygen atoms in total. The van der Waals surface area contributed by atoms with E-state index in [2.05, 4.69) is 11.1 Å². The van der Waals surface area contributed by atoms with Crippen LogP contribution in [0.1, 0.15) is 63.0 Å². The standard InChI is InChI=1S/C40H46N5O5/c1-28(2)17-20-42-21-18-32(19-22-42)36(47)44-26-34(31-15-11-8-12-16-31)45(38(49)35(44)29(3)4)33(25-30-13-9-7-10-14-30)37(48)43(23-24-46)39-41-40(5,6)27-50-39/h7-19,21-22,24,26,29,33,35H,20,23,25,27H2,1-6H3/q+1/t33-,35+/m0/s1. The number of nitrogens with zero attached hydrogens (tertiary/aromatic N) is 5. The van der Waals surface area contributed by atoms with Gasteiger partial charge in [-0.25, -0.2) is 9.56 Å². The maximum atomic E-state index is 15.0. The predicted octanol–water partition coefficient (Wildman–Crippen LogP) is 5.05. The third kappa shape index (κ3) is 8.07. The van der Waals surface area contributed by atoms with E-state index in [0.717, 1.165) is 5.56 Å². The second kappa shape index (κ2) is 15.4. The highest BCUT2D eigenvalue weighted by molar-refractivity contribution is 6.06. The molecule has 5 rings (SSSR count). The van der Waals surface area contributed by atoms with Crippen molar-refractivity contribution in [2.24, 2.45) is 10.9 Å². The van der Waals surface area contributed by atoms with Gasteiger partial charge in [0, 0.05) is 24.8 Å². The van der Waals surface area contributed by atoms with Crippen molar-refractivity contribution in [2.45, 2.75) is 72.1 Å². The topological polar surface area (TPSA) is 103 Å². The van der Waals surface area contributed by atoms with Crippen molar-refractivity contribution in [1.82, 2.24) is 14.7 Å². The van der Waals surface area contributed by atoms with Crippen LogP contribution in [-0.4, -0.2) is 75.5 Å². The Morgan fingerprint density at radius 2 is 1.66 bits per heavy atom. The lowest BCUT2D eigenvalue weighted by atomic mass is 9.93. The minimum absolute atomic E-state index is 0.0444. The predicted molar refractivity (Wildman–Crippen MR) is 191 cm³/mol. The lowest BCUT2D eigenvalue weighted by molar-refractivity contribution is -0.687. The van der Waals surface area contributed by atoms with Gasteiger partial charge in [-0.15, -0.1) is 0 Å². The summed E-state index contributed by atoms with van der Waals surface area (Å²) < 4.78 is 7.82. The van der Waals surface area contributed by atoms with E-state index in [9.17, 15) is 14.4 Å². The van der Waals surface area contributed by atoms with Crippen LogP contribution in [0, 0.1) is 5.92 Å². The first-order chi connectivity index (χ1) is 23.9. The zero-order chi connectivity index (χ0) is 36.0. The van der Waals surface area contributed by atoms with Crippen LogP contribution in [0.25, 0.3) is 5.70 Å². The number of allylic oxidation sites excluding steroid dienone is 2. The van der Waals surface area contributed by atoms with E-state index in [1.165, 1.54) is 20.3 Å². The van der Waals surface area contributed by atoms with E-state index in [1.807, 2.05) is 119 Å². The average Bonchev–Trinajstić information content (AvgIpc) is 3.47. The number of hydrogen-bond donors (Lipinski definition) is 0. The molecule has 0 bridgehead atoms. The molecule has 0 radical (unpaired) electrons. The molecule has 3 aromatic rings. The van der Waals surface area contributed by atoms with Gasteiger partial charge in [0.25, 0.3) is 23.7 Å². The fourth-order valence-electron chi connectivity index (χ4n) is 6.09. The van der Waals surface area contributed by atoms with Crippen molar-refractivity contribution >= 4 is 35.7 Å². The Morgan fingerprint density at radius 1 is 1.02 bits per heavy atom. The number of aldehydes is 1. The monoisotopic (exact) mass is 676 g/mol. The van der Waals surface area contributed by atoms with E-state index in [4.69, 9.17) is 4.74 Å². The Balaban J connectivity index is 1.64. The maximum absolute atomic E-state index is 15.0. The molecule has 50 heavy (non-hydrogen) atoms. The summed E-state index contributed by atoms with van der Waals surface area (Å²) in [6.07, 6.45) is 8.26. The molecule has 0 spiro atoms. The molecule has 3 heterocycles. The van der Waals surface area contributed by atoms with Crippen molar-refractivity contribution in [2.75, 3.05) is 13.2 Å². The average molecular weight is 677 g/mol. The summed E-state index contributed by atoms with van der Waals surface area (Å²) in [7, 11) is 0. The second-order valence-corrected chi connectivity index (χ2v) is 13.9. The highest BCUT2D eigenvalue weighted by Gasteiger charge is 2.47. The van der Waals surface area contributed by atoms with Gasteiger partial charge in [0.15, 0.2) is 18.9 Å². The summed E-state index contributed by atoms with van der Waals surface area (Å²) in [4.78, 5) is 64.9. The van der Waals surface area contributed by atoms with Crippen molar-refractivity contribution < 1.29 is 28.5 Å². The molecule has 2 aliphatic heterocycles. The third-order valence-corrected chi connectivity index (χ3v) is 8.67. The van der Waals surface area contributed by atoms with Crippen LogP contribution in [0.2, 0.25) is 0 Å². The molecular formula is C40H46N5O5+. The molecular weight excluding hydrogens is 630 g/mol. The van der Waals surface area contributed by atoms with Crippen LogP contribution >= 0.6 is 0 Å². The van der Waals surface area contributed by atoms with E-state index < -0.39 is 29.4 Å². The Labute approximate surface area is 294 Å². The van der Waals surface area contributed by atoms with E-state index in [-0.39, 0.29) is 37.4 Å². The fourth-order valence-corrected chi connectivity index (χ4v) is 6.09. The van der Waals surface area contributed by atoms with Crippen molar-refractivity contribution in [1.29, 1.82) is 0 Å². The number of benzene rings is 2. The minimum Gasteiger partial charge on any atom is -0.462 e. The first-order valence-electron chi connectivity index (χ1n) is 17.0. The number of amidine groups is 1. The minimum atomic E-state index is -1.10. The molecule has 0 N–H and O–H groups in total. The molecule has 0 saturated carbocycles. The Hall–Kier alpha value is -5.38. The van der Waals surface area contributed by atoms with Crippen LogP contribution in [0.4, 0.5) is 0 Å². The summed E-state index contributed by atoms with van der Waals surface area (Å²) >= 11 is 0. The molecule has 2 atom stereocenters. The first kappa shape index (κ1) is 35.9. The number of carbonyl (C=O) groups excluding carboxylic acids is 4. The van der Waals surface area contributed by atoms with E-state index >= 15 is 4.79 Å². The van der Waals surface area contributed by atoms with Gasteiger partial charge in [0.05, 0.1) is 23.3 Å².